The van der Waals surface area contributed by atoms with Gasteiger partial charge in [-0.3, -0.25) is 4.90 Å². The summed E-state index contributed by atoms with van der Waals surface area (Å²) in [7, 11) is 0. The zero-order chi connectivity index (χ0) is 13.4. The molecular formula is C18H20N2. The number of nitrogens with one attached hydrogen (secondary N) is 1. The molecule has 102 valence electrons. The fourth-order valence-electron chi connectivity index (χ4n) is 3.54. The molecule has 0 radical (unpaired) electrons. The highest BCUT2D eigenvalue weighted by Gasteiger charge is 2.24. The fourth-order valence-corrected chi connectivity index (χ4v) is 3.54. The van der Waals surface area contributed by atoms with Crippen LogP contribution in [0.15, 0.2) is 48.5 Å². The summed E-state index contributed by atoms with van der Waals surface area (Å²) in [5.41, 5.74) is 5.82. The molecule has 2 aliphatic heterocycles. The SMILES string of the molecule is c1ccc2c(c1)CN(CC1CNc3ccccc3C1)C2. The molecule has 0 fully saturated rings. The summed E-state index contributed by atoms with van der Waals surface area (Å²) in [6.45, 7) is 4.53. The predicted octanol–water partition coefficient (Wildman–Crippen LogP) is 3.29. The van der Waals surface area contributed by atoms with Crippen molar-refractivity contribution in [2.75, 3.05) is 18.4 Å². The van der Waals surface area contributed by atoms with Crippen LogP contribution >= 0.6 is 0 Å². The first-order valence-corrected chi connectivity index (χ1v) is 7.49. The minimum absolute atomic E-state index is 0.721. The maximum absolute atomic E-state index is 3.58. The second-order valence-electron chi connectivity index (χ2n) is 6.05. The second kappa shape index (κ2) is 4.95. The van der Waals surface area contributed by atoms with Crippen LogP contribution in [-0.4, -0.2) is 18.0 Å². The van der Waals surface area contributed by atoms with E-state index in [4.69, 9.17) is 0 Å². The van der Waals surface area contributed by atoms with E-state index in [0.29, 0.717) is 0 Å². The van der Waals surface area contributed by atoms with E-state index in [1.807, 2.05) is 0 Å². The van der Waals surface area contributed by atoms with Crippen molar-refractivity contribution in [1.82, 2.24) is 4.90 Å². The maximum Gasteiger partial charge on any atom is 0.0372 e. The molecule has 2 aromatic carbocycles. The highest BCUT2D eigenvalue weighted by molar-refractivity contribution is 5.53. The number of anilines is 1. The zero-order valence-electron chi connectivity index (χ0n) is 11.7. The number of benzene rings is 2. The number of hydrogen-bond donors (Lipinski definition) is 1. The largest absolute Gasteiger partial charge is 0.384 e. The Balaban J connectivity index is 1.43. The first kappa shape index (κ1) is 12.0. The van der Waals surface area contributed by atoms with E-state index >= 15 is 0 Å². The molecular weight excluding hydrogens is 244 g/mol. The molecule has 20 heavy (non-hydrogen) atoms. The molecule has 0 saturated heterocycles. The van der Waals surface area contributed by atoms with E-state index in [1.165, 1.54) is 35.3 Å². The van der Waals surface area contributed by atoms with Crippen molar-refractivity contribution in [2.45, 2.75) is 19.5 Å². The minimum atomic E-state index is 0.721. The van der Waals surface area contributed by atoms with Crippen molar-refractivity contribution in [3.63, 3.8) is 0 Å². The van der Waals surface area contributed by atoms with Gasteiger partial charge in [-0.2, -0.15) is 0 Å². The molecule has 1 atom stereocenters. The number of fused-ring (bicyclic) bond motifs is 2. The zero-order valence-corrected chi connectivity index (χ0v) is 11.7. The lowest BCUT2D eigenvalue weighted by Gasteiger charge is -2.29. The average Bonchev–Trinajstić information content (AvgIpc) is 2.89. The van der Waals surface area contributed by atoms with Crippen molar-refractivity contribution in [2.24, 2.45) is 5.92 Å². The quantitative estimate of drug-likeness (QED) is 0.895. The third kappa shape index (κ3) is 2.20. The van der Waals surface area contributed by atoms with Gasteiger partial charge in [0, 0.05) is 31.9 Å². The Morgan fingerprint density at radius 2 is 1.55 bits per heavy atom. The smallest absolute Gasteiger partial charge is 0.0372 e. The number of para-hydroxylation sites is 1. The number of rotatable bonds is 2. The van der Waals surface area contributed by atoms with Gasteiger partial charge in [-0.25, -0.2) is 0 Å². The molecule has 0 saturated carbocycles. The Bertz CT molecular complexity index is 595. The lowest BCUT2D eigenvalue weighted by atomic mass is 9.93. The van der Waals surface area contributed by atoms with Crippen LogP contribution in [0, 0.1) is 5.92 Å². The molecule has 2 aromatic rings. The van der Waals surface area contributed by atoms with E-state index in [9.17, 15) is 0 Å². The molecule has 1 N–H and O–H groups in total. The summed E-state index contributed by atoms with van der Waals surface area (Å²) < 4.78 is 0. The van der Waals surface area contributed by atoms with Crippen molar-refractivity contribution >= 4 is 5.69 Å². The van der Waals surface area contributed by atoms with Gasteiger partial charge in [0.05, 0.1) is 0 Å². The normalized spacial score (nSPS) is 21.1. The summed E-state index contributed by atoms with van der Waals surface area (Å²) >= 11 is 0. The van der Waals surface area contributed by atoms with Crippen LogP contribution in [-0.2, 0) is 19.5 Å². The molecule has 0 spiro atoms. The van der Waals surface area contributed by atoms with E-state index in [2.05, 4.69) is 58.7 Å². The average molecular weight is 264 g/mol. The summed E-state index contributed by atoms with van der Waals surface area (Å²) in [6.07, 6.45) is 1.20. The Labute approximate surface area is 120 Å². The van der Waals surface area contributed by atoms with Crippen molar-refractivity contribution in [1.29, 1.82) is 0 Å². The summed E-state index contributed by atoms with van der Waals surface area (Å²) in [5.74, 6) is 0.721. The monoisotopic (exact) mass is 264 g/mol. The van der Waals surface area contributed by atoms with Crippen LogP contribution in [0.5, 0.6) is 0 Å². The lowest BCUT2D eigenvalue weighted by molar-refractivity contribution is 0.237. The van der Waals surface area contributed by atoms with E-state index in [0.717, 1.165) is 25.6 Å². The standard InChI is InChI=1S/C18H20N2/c1-2-7-17-13-20(12-16(17)6-1)11-14-9-15-5-3-4-8-18(15)19-10-14/h1-8,14,19H,9-13H2. The molecule has 2 nitrogen and oxygen atoms in total. The molecule has 1 unspecified atom stereocenters. The summed E-state index contributed by atoms with van der Waals surface area (Å²) in [5, 5.41) is 3.58. The number of nitrogens with zero attached hydrogens (tertiary/aromatic N) is 1. The lowest BCUT2D eigenvalue weighted by Crippen LogP contribution is -2.33. The molecule has 4 rings (SSSR count). The van der Waals surface area contributed by atoms with Gasteiger partial charge in [-0.15, -0.1) is 0 Å². The Hall–Kier alpha value is -1.80. The van der Waals surface area contributed by atoms with Gasteiger partial charge in [-0.1, -0.05) is 42.5 Å². The highest BCUT2D eigenvalue weighted by Crippen LogP contribution is 2.28. The maximum atomic E-state index is 3.58. The third-order valence-corrected chi connectivity index (χ3v) is 4.53. The van der Waals surface area contributed by atoms with Crippen molar-refractivity contribution in [3.8, 4) is 0 Å². The van der Waals surface area contributed by atoms with Crippen molar-refractivity contribution in [3.05, 3.63) is 65.2 Å². The first-order chi connectivity index (χ1) is 9.88. The van der Waals surface area contributed by atoms with Gasteiger partial charge in [-0.05, 0) is 35.1 Å². The molecule has 2 aliphatic rings. The highest BCUT2D eigenvalue weighted by atomic mass is 15.1. The van der Waals surface area contributed by atoms with Gasteiger partial charge in [0.25, 0.3) is 0 Å². The van der Waals surface area contributed by atoms with Crippen LogP contribution in [0.4, 0.5) is 5.69 Å². The van der Waals surface area contributed by atoms with E-state index in [-0.39, 0.29) is 0 Å². The Kier molecular flexibility index (Phi) is 2.96. The topological polar surface area (TPSA) is 15.3 Å². The van der Waals surface area contributed by atoms with E-state index < -0.39 is 0 Å². The molecule has 0 bridgehead atoms. The molecule has 0 aliphatic carbocycles. The first-order valence-electron chi connectivity index (χ1n) is 7.49. The second-order valence-corrected chi connectivity index (χ2v) is 6.05. The van der Waals surface area contributed by atoms with Gasteiger partial charge < -0.3 is 5.32 Å². The van der Waals surface area contributed by atoms with Gasteiger partial charge in [0.15, 0.2) is 0 Å². The minimum Gasteiger partial charge on any atom is -0.384 e. The summed E-state index contributed by atoms with van der Waals surface area (Å²) in [6, 6.07) is 17.6. The fraction of sp³-hybridized carbons (Fsp3) is 0.333. The molecule has 2 heterocycles. The van der Waals surface area contributed by atoms with Gasteiger partial charge >= 0.3 is 0 Å². The molecule has 2 heteroatoms. The predicted molar refractivity (Wildman–Crippen MR) is 82.7 cm³/mol. The third-order valence-electron chi connectivity index (χ3n) is 4.53. The van der Waals surface area contributed by atoms with Crippen LogP contribution < -0.4 is 5.32 Å². The molecule has 0 amide bonds. The van der Waals surface area contributed by atoms with Crippen LogP contribution in [0.2, 0.25) is 0 Å². The summed E-state index contributed by atoms with van der Waals surface area (Å²) in [4.78, 5) is 2.59. The van der Waals surface area contributed by atoms with E-state index in [1.54, 1.807) is 0 Å². The van der Waals surface area contributed by atoms with Crippen LogP contribution in [0.1, 0.15) is 16.7 Å². The Morgan fingerprint density at radius 1 is 0.900 bits per heavy atom. The van der Waals surface area contributed by atoms with Crippen LogP contribution in [0.25, 0.3) is 0 Å². The number of hydrogen-bond acceptors (Lipinski definition) is 2. The Morgan fingerprint density at radius 3 is 2.30 bits per heavy atom. The van der Waals surface area contributed by atoms with Gasteiger partial charge in [0.1, 0.15) is 0 Å². The molecule has 0 aromatic heterocycles. The van der Waals surface area contributed by atoms with Crippen LogP contribution in [0.3, 0.4) is 0 Å². The van der Waals surface area contributed by atoms with Crippen molar-refractivity contribution < 1.29 is 0 Å². The van der Waals surface area contributed by atoms with Gasteiger partial charge in [0.2, 0.25) is 0 Å².